The Balaban J connectivity index is 3.36. The first kappa shape index (κ1) is 12.4. The number of phenols is 1. The molecule has 3 nitrogen and oxygen atoms in total. The topological polar surface area (TPSA) is 72.3 Å². The molecule has 0 unspecified atom stereocenters. The maximum Gasteiger partial charge on any atom is 0.144 e. The van der Waals surface area contributed by atoms with Crippen LogP contribution in [0.2, 0.25) is 0 Å². The minimum Gasteiger partial charge on any atom is -0.506 e. The summed E-state index contributed by atoms with van der Waals surface area (Å²) >= 11 is 9.86. The van der Waals surface area contributed by atoms with Crippen molar-refractivity contribution in [1.82, 2.24) is 0 Å². The lowest BCUT2D eigenvalue weighted by Gasteiger charge is -2.15. The Bertz CT molecular complexity index is 357. The standard InChI is InChI=1S/C8H9Br3N2O/c9-3-1-4(10)8(14)7(11)6(3)5(13)2-12/h1,5,14H,2,12-13H2/t5-/m1/s1. The number of hydrogen-bond donors (Lipinski definition) is 3. The first-order valence-electron chi connectivity index (χ1n) is 3.81. The van der Waals surface area contributed by atoms with Gasteiger partial charge in [-0.15, -0.1) is 0 Å². The summed E-state index contributed by atoms with van der Waals surface area (Å²) in [7, 11) is 0. The largest absolute Gasteiger partial charge is 0.506 e. The van der Waals surface area contributed by atoms with Gasteiger partial charge in [0.1, 0.15) is 5.75 Å². The molecule has 14 heavy (non-hydrogen) atoms. The molecule has 0 radical (unpaired) electrons. The summed E-state index contributed by atoms with van der Waals surface area (Å²) in [6, 6.07) is 1.43. The van der Waals surface area contributed by atoms with E-state index < -0.39 is 0 Å². The molecule has 6 heteroatoms. The van der Waals surface area contributed by atoms with E-state index in [9.17, 15) is 5.11 Å². The Hall–Kier alpha value is 0.380. The van der Waals surface area contributed by atoms with E-state index in [1.54, 1.807) is 6.07 Å². The van der Waals surface area contributed by atoms with Crippen molar-refractivity contribution in [2.24, 2.45) is 11.5 Å². The van der Waals surface area contributed by atoms with Crippen LogP contribution in [0, 0.1) is 0 Å². The molecule has 0 aliphatic carbocycles. The molecule has 1 rings (SSSR count). The van der Waals surface area contributed by atoms with E-state index in [2.05, 4.69) is 47.8 Å². The lowest BCUT2D eigenvalue weighted by Crippen LogP contribution is -2.21. The van der Waals surface area contributed by atoms with Crippen molar-refractivity contribution in [2.75, 3.05) is 6.54 Å². The molecule has 0 aliphatic rings. The van der Waals surface area contributed by atoms with Crippen molar-refractivity contribution < 1.29 is 5.11 Å². The normalized spacial score (nSPS) is 12.9. The van der Waals surface area contributed by atoms with E-state index in [4.69, 9.17) is 11.5 Å². The van der Waals surface area contributed by atoms with Crippen LogP contribution in [0.4, 0.5) is 0 Å². The van der Waals surface area contributed by atoms with Gasteiger partial charge in [0.25, 0.3) is 0 Å². The fourth-order valence-electron chi connectivity index (χ4n) is 1.05. The van der Waals surface area contributed by atoms with Crippen LogP contribution in [-0.2, 0) is 0 Å². The number of rotatable bonds is 2. The molecule has 5 N–H and O–H groups in total. The van der Waals surface area contributed by atoms with Crippen LogP contribution in [0.1, 0.15) is 11.6 Å². The molecule has 0 heterocycles. The first-order valence-corrected chi connectivity index (χ1v) is 6.19. The van der Waals surface area contributed by atoms with E-state index in [0.29, 0.717) is 15.5 Å². The van der Waals surface area contributed by atoms with Crippen molar-refractivity contribution in [3.63, 3.8) is 0 Å². The Morgan fingerprint density at radius 3 is 2.36 bits per heavy atom. The lowest BCUT2D eigenvalue weighted by molar-refractivity contribution is 0.466. The molecule has 0 fully saturated rings. The van der Waals surface area contributed by atoms with Crippen LogP contribution in [0.25, 0.3) is 0 Å². The lowest BCUT2D eigenvalue weighted by atomic mass is 10.1. The summed E-state index contributed by atoms with van der Waals surface area (Å²) in [6.45, 7) is 0.318. The molecule has 0 bridgehead atoms. The monoisotopic (exact) mass is 386 g/mol. The van der Waals surface area contributed by atoms with Crippen LogP contribution in [0.5, 0.6) is 5.75 Å². The van der Waals surface area contributed by atoms with E-state index in [0.717, 1.165) is 10.0 Å². The number of hydrogen-bond acceptors (Lipinski definition) is 3. The molecule has 1 aromatic rings. The molecule has 0 saturated heterocycles. The maximum absolute atomic E-state index is 9.65. The highest BCUT2D eigenvalue weighted by atomic mass is 79.9. The van der Waals surface area contributed by atoms with E-state index in [1.165, 1.54) is 0 Å². The van der Waals surface area contributed by atoms with Crippen molar-refractivity contribution in [2.45, 2.75) is 6.04 Å². The molecule has 0 aliphatic heterocycles. The quantitative estimate of drug-likeness (QED) is 0.729. The van der Waals surface area contributed by atoms with E-state index >= 15 is 0 Å². The third kappa shape index (κ3) is 2.30. The zero-order valence-electron chi connectivity index (χ0n) is 7.10. The summed E-state index contributed by atoms with van der Waals surface area (Å²) in [4.78, 5) is 0. The van der Waals surface area contributed by atoms with Crippen LogP contribution < -0.4 is 11.5 Å². The summed E-state index contributed by atoms with van der Waals surface area (Å²) < 4.78 is 1.98. The van der Waals surface area contributed by atoms with Crippen molar-refractivity contribution in [1.29, 1.82) is 0 Å². The van der Waals surface area contributed by atoms with Crippen LogP contribution in [0.15, 0.2) is 19.5 Å². The molecule has 0 saturated carbocycles. The second kappa shape index (κ2) is 4.94. The highest BCUT2D eigenvalue weighted by molar-refractivity contribution is 9.11. The van der Waals surface area contributed by atoms with Gasteiger partial charge < -0.3 is 16.6 Å². The SMILES string of the molecule is NC[C@@H](N)c1c(Br)cc(Br)c(O)c1Br. The first-order chi connectivity index (χ1) is 6.49. The average molecular weight is 389 g/mol. The van der Waals surface area contributed by atoms with Gasteiger partial charge >= 0.3 is 0 Å². The summed E-state index contributed by atoms with van der Waals surface area (Å²) in [6.07, 6.45) is 0. The van der Waals surface area contributed by atoms with Gasteiger partial charge in [-0.1, -0.05) is 15.9 Å². The number of aromatic hydroxyl groups is 1. The minimum absolute atomic E-state index is 0.132. The van der Waals surface area contributed by atoms with Crippen molar-refractivity contribution in [3.05, 3.63) is 25.0 Å². The summed E-state index contributed by atoms with van der Waals surface area (Å²) in [5, 5.41) is 9.65. The van der Waals surface area contributed by atoms with E-state index in [1.807, 2.05) is 0 Å². The highest BCUT2D eigenvalue weighted by Gasteiger charge is 2.17. The number of halogens is 3. The van der Waals surface area contributed by atoms with Crippen LogP contribution in [-0.4, -0.2) is 11.7 Å². The zero-order chi connectivity index (χ0) is 10.9. The zero-order valence-corrected chi connectivity index (χ0v) is 11.9. The van der Waals surface area contributed by atoms with E-state index in [-0.39, 0.29) is 11.8 Å². The fraction of sp³-hybridized carbons (Fsp3) is 0.250. The molecule has 0 aromatic heterocycles. The number of benzene rings is 1. The van der Waals surface area contributed by atoms with Crippen LogP contribution in [0.3, 0.4) is 0 Å². The number of phenolic OH excluding ortho intramolecular Hbond substituents is 1. The Morgan fingerprint density at radius 2 is 1.86 bits per heavy atom. The molecule has 78 valence electrons. The third-order valence-corrected chi connectivity index (χ3v) is 3.87. The third-order valence-electron chi connectivity index (χ3n) is 1.81. The van der Waals surface area contributed by atoms with Crippen molar-refractivity contribution >= 4 is 47.8 Å². The smallest absolute Gasteiger partial charge is 0.144 e. The minimum atomic E-state index is -0.308. The predicted molar refractivity (Wildman–Crippen MR) is 67.2 cm³/mol. The fourth-order valence-corrected chi connectivity index (χ4v) is 3.76. The maximum atomic E-state index is 9.65. The molecule has 0 spiro atoms. The number of nitrogens with two attached hydrogens (primary N) is 2. The van der Waals surface area contributed by atoms with Crippen molar-refractivity contribution in [3.8, 4) is 5.75 Å². The summed E-state index contributed by atoms with van der Waals surface area (Å²) in [5.41, 5.74) is 12.0. The Morgan fingerprint density at radius 1 is 1.29 bits per heavy atom. The molecule has 1 aromatic carbocycles. The average Bonchev–Trinajstić information content (AvgIpc) is 2.14. The molecular weight excluding hydrogens is 380 g/mol. The molecule has 0 amide bonds. The van der Waals surface area contributed by atoms with Gasteiger partial charge in [-0.3, -0.25) is 0 Å². The van der Waals surface area contributed by atoms with Gasteiger partial charge in [0.05, 0.1) is 8.95 Å². The van der Waals surface area contributed by atoms with Gasteiger partial charge in [0.2, 0.25) is 0 Å². The van der Waals surface area contributed by atoms with Gasteiger partial charge in [0.15, 0.2) is 0 Å². The van der Waals surface area contributed by atoms with Crippen LogP contribution >= 0.6 is 47.8 Å². The predicted octanol–water partition coefficient (Wildman–Crippen LogP) is 2.64. The molecular formula is C8H9Br3N2O. The van der Waals surface area contributed by atoms with Gasteiger partial charge in [0, 0.05) is 22.6 Å². The van der Waals surface area contributed by atoms with Gasteiger partial charge in [-0.2, -0.15) is 0 Å². The second-order valence-electron chi connectivity index (χ2n) is 2.76. The Kier molecular flexibility index (Phi) is 4.39. The second-order valence-corrected chi connectivity index (χ2v) is 5.26. The highest BCUT2D eigenvalue weighted by Crippen LogP contribution is 2.41. The Labute approximate surface area is 107 Å². The van der Waals surface area contributed by atoms with Gasteiger partial charge in [-0.25, -0.2) is 0 Å². The van der Waals surface area contributed by atoms with Gasteiger partial charge in [-0.05, 0) is 37.9 Å². The summed E-state index contributed by atoms with van der Waals surface area (Å²) in [5.74, 6) is 0.132. The molecule has 1 atom stereocenters.